The van der Waals surface area contributed by atoms with Crippen molar-refractivity contribution in [2.24, 2.45) is 0 Å². The van der Waals surface area contributed by atoms with Crippen molar-refractivity contribution in [3.05, 3.63) is 0 Å². The Balaban J connectivity index is -0.00000000500. The van der Waals surface area contributed by atoms with E-state index in [0.717, 1.165) is 0 Å². The average molecular weight is 115 g/mol. The average Bonchev–Trinajstić information content (AvgIpc) is 1.00. The van der Waals surface area contributed by atoms with E-state index in [0.29, 0.717) is 0 Å². The van der Waals surface area contributed by atoms with Crippen molar-refractivity contribution in [1.82, 2.24) is 0 Å². The van der Waals surface area contributed by atoms with E-state index in [4.69, 9.17) is 4.79 Å². The minimum Gasteiger partial charge on any atom is -0.281 e. The van der Waals surface area contributed by atoms with Crippen LogP contribution >= 0.6 is 9.90 Å². The first-order chi connectivity index (χ1) is 1.00. The van der Waals surface area contributed by atoms with Gasteiger partial charge >= 0.3 is 0 Å². The van der Waals surface area contributed by atoms with Gasteiger partial charge in [-0.05, 0) is 0 Å². The minimum absolute atomic E-state index is 0. The Kier molecular flexibility index (Phi) is 373. The Morgan fingerprint density at radius 3 is 1.25 bits per heavy atom. The molecule has 0 aromatic rings. The molecule has 0 heterocycles. The third kappa shape index (κ3) is 17.9. The third-order valence-electron chi connectivity index (χ3n) is 0. The molecule has 0 aliphatic carbocycles. The van der Waals surface area contributed by atoms with Crippen LogP contribution in [0.3, 0.4) is 0 Å². The van der Waals surface area contributed by atoms with E-state index in [9.17, 15) is 0 Å². The SMILES string of the molecule is [C]=O.[Fe].[P]. The van der Waals surface area contributed by atoms with E-state index in [1.807, 2.05) is 0 Å². The van der Waals surface area contributed by atoms with Gasteiger partial charge in [0.05, 0.1) is 0 Å². The first-order valence-corrected chi connectivity index (χ1v) is 0.204. The molecule has 0 fully saturated rings. The molecule has 0 atom stereocenters. The smallest absolute Gasteiger partial charge is 0.281 e. The van der Waals surface area contributed by atoms with E-state index in [1.54, 1.807) is 0 Å². The first kappa shape index (κ1) is 23.1. The molecule has 0 aromatic carbocycles. The summed E-state index contributed by atoms with van der Waals surface area (Å²) in [7, 11) is 0. The Morgan fingerprint density at radius 2 is 1.25 bits per heavy atom. The van der Waals surface area contributed by atoms with Gasteiger partial charge < -0.3 is 0 Å². The van der Waals surface area contributed by atoms with E-state index in [1.165, 1.54) is 0 Å². The summed E-state index contributed by atoms with van der Waals surface area (Å²) in [6, 6.07) is 0. The molecule has 3 heteroatoms. The van der Waals surface area contributed by atoms with Crippen LogP contribution in [0, 0.1) is 0 Å². The van der Waals surface area contributed by atoms with Crippen LogP contribution in [0.4, 0.5) is 0 Å². The van der Waals surface area contributed by atoms with Gasteiger partial charge in [0.2, 0.25) is 0 Å². The summed E-state index contributed by atoms with van der Waals surface area (Å²) in [6.45, 7) is 4.50. The molecule has 0 N–H and O–H groups in total. The minimum atomic E-state index is 0. The quantitative estimate of drug-likeness (QED) is 0.331. The molecule has 0 bridgehead atoms. The molecule has 0 spiro atoms. The van der Waals surface area contributed by atoms with Crippen molar-refractivity contribution in [3.63, 3.8) is 0 Å². The normalized spacial score (nSPS) is 1.00. The van der Waals surface area contributed by atoms with Crippen LogP contribution in [-0.2, 0) is 21.9 Å². The molecule has 0 aliphatic rings. The Morgan fingerprint density at radius 1 is 1.25 bits per heavy atom. The summed E-state index contributed by atoms with van der Waals surface area (Å²) >= 11 is 0. The van der Waals surface area contributed by atoms with Gasteiger partial charge in [-0.1, -0.05) is 0 Å². The largest absolute Gasteiger partial charge is 0.281 e. The van der Waals surface area contributed by atoms with Crippen LogP contribution in [0.2, 0.25) is 0 Å². The molecule has 5 radical (unpaired) electrons. The van der Waals surface area contributed by atoms with Gasteiger partial charge in [0, 0.05) is 27.0 Å². The maximum Gasteiger partial charge on any atom is 0.281 e. The van der Waals surface area contributed by atoms with Crippen LogP contribution < -0.4 is 0 Å². The Bertz CT molecular complexity index is 8.00. The fourth-order valence-electron chi connectivity index (χ4n) is 0. The van der Waals surface area contributed by atoms with E-state index in [2.05, 4.69) is 6.79 Å². The van der Waals surface area contributed by atoms with Crippen molar-refractivity contribution in [2.75, 3.05) is 0 Å². The standard InChI is InChI=1S/CO.Fe.P/c1-2;;. The molecule has 0 saturated heterocycles. The molecule has 1 nitrogen and oxygen atoms in total. The summed E-state index contributed by atoms with van der Waals surface area (Å²) in [5, 5.41) is 0. The van der Waals surface area contributed by atoms with E-state index < -0.39 is 0 Å². The maximum atomic E-state index is 7.50. The van der Waals surface area contributed by atoms with Crippen molar-refractivity contribution in [1.29, 1.82) is 0 Å². The molecule has 0 saturated carbocycles. The van der Waals surface area contributed by atoms with Gasteiger partial charge in [-0.15, -0.1) is 0 Å². The van der Waals surface area contributed by atoms with Gasteiger partial charge in [-0.25, -0.2) is 0 Å². The molecule has 0 rings (SSSR count). The van der Waals surface area contributed by atoms with Crippen LogP contribution in [0.1, 0.15) is 0 Å². The second kappa shape index (κ2) is 64.7. The van der Waals surface area contributed by atoms with Gasteiger partial charge in [-0.2, -0.15) is 0 Å². The van der Waals surface area contributed by atoms with Crippen LogP contribution in [0.15, 0.2) is 0 Å². The monoisotopic (exact) mass is 115 g/mol. The van der Waals surface area contributed by atoms with E-state index >= 15 is 0 Å². The summed E-state index contributed by atoms with van der Waals surface area (Å²) in [5.41, 5.74) is 0. The predicted molar refractivity (Wildman–Crippen MR) is 12.6 cm³/mol. The van der Waals surface area contributed by atoms with Gasteiger partial charge in [0.1, 0.15) is 0 Å². The molecule has 0 aromatic heterocycles. The van der Waals surface area contributed by atoms with E-state index in [-0.39, 0.29) is 27.0 Å². The van der Waals surface area contributed by atoms with Crippen LogP contribution in [0.5, 0.6) is 0 Å². The molecule has 23 valence electrons. The van der Waals surface area contributed by atoms with Crippen molar-refractivity contribution in [3.8, 4) is 0 Å². The molecular weight excluding hydrogens is 115 g/mol. The molecule has 0 aliphatic heterocycles. The van der Waals surface area contributed by atoms with Gasteiger partial charge in [0.15, 0.2) is 0 Å². The summed E-state index contributed by atoms with van der Waals surface area (Å²) in [5.74, 6) is 0. The van der Waals surface area contributed by atoms with Crippen LogP contribution in [-0.4, -0.2) is 6.79 Å². The van der Waals surface area contributed by atoms with Crippen molar-refractivity contribution < 1.29 is 21.9 Å². The number of hydrogen-bond acceptors (Lipinski definition) is 1. The van der Waals surface area contributed by atoms with Gasteiger partial charge in [-0.3, -0.25) is 4.79 Å². The zero-order chi connectivity index (χ0) is 2.00. The fourth-order valence-corrected chi connectivity index (χ4v) is 0. The van der Waals surface area contributed by atoms with Crippen LogP contribution in [0.25, 0.3) is 0 Å². The zero-order valence-electron chi connectivity index (χ0n) is 1.71. The van der Waals surface area contributed by atoms with Crippen molar-refractivity contribution in [2.45, 2.75) is 0 Å². The number of rotatable bonds is 0. The second-order valence-corrected chi connectivity index (χ2v) is 0. The Labute approximate surface area is 39.2 Å². The van der Waals surface area contributed by atoms with Gasteiger partial charge in [0.25, 0.3) is 6.79 Å². The summed E-state index contributed by atoms with van der Waals surface area (Å²) in [6.07, 6.45) is 0. The fraction of sp³-hybridized carbons (Fsp3) is 0. The number of carbonyl (C=O) groups excluding carboxylic acids is 1. The predicted octanol–water partition coefficient (Wildman–Crippen LogP) is 0.462. The zero-order valence-corrected chi connectivity index (χ0v) is 3.71. The molecular formula is CFeOP. The number of hydrogen-bond donors (Lipinski definition) is 0. The van der Waals surface area contributed by atoms with Crippen molar-refractivity contribution >= 4 is 16.7 Å². The maximum absolute atomic E-state index is 7.50. The third-order valence-corrected chi connectivity index (χ3v) is 0. The Hall–Kier alpha value is 0.619. The molecule has 0 amide bonds. The first-order valence-electron chi connectivity index (χ1n) is 0.204. The molecule has 4 heavy (non-hydrogen) atoms. The summed E-state index contributed by atoms with van der Waals surface area (Å²) in [4.78, 5) is 7.50. The topological polar surface area (TPSA) is 17.1 Å². The molecule has 0 unspecified atom stereocenters. The summed E-state index contributed by atoms with van der Waals surface area (Å²) < 4.78 is 0. The second-order valence-electron chi connectivity index (χ2n) is 0.